The van der Waals surface area contributed by atoms with Gasteiger partial charge in [0.15, 0.2) is 0 Å². The molecule has 0 saturated heterocycles. The molecule has 4 aromatic rings. The summed E-state index contributed by atoms with van der Waals surface area (Å²) in [6.45, 7) is 4.26. The normalized spacial score (nSPS) is 18.9. The van der Waals surface area contributed by atoms with Crippen LogP contribution in [-0.2, 0) is 34.2 Å². The Morgan fingerprint density at radius 2 is 1.69 bits per heavy atom. The first kappa shape index (κ1) is 30.0. The number of carbonyl (C=O) groups is 1. The van der Waals surface area contributed by atoms with E-state index in [0.717, 1.165) is 27.6 Å². The van der Waals surface area contributed by atoms with Crippen LogP contribution in [0.5, 0.6) is 0 Å². The Kier molecular flexibility index (Phi) is 8.84. The third kappa shape index (κ3) is 5.87. The van der Waals surface area contributed by atoms with Crippen molar-refractivity contribution < 1.29 is 23.1 Å². The van der Waals surface area contributed by atoms with Gasteiger partial charge in [0.1, 0.15) is 5.69 Å². The Morgan fingerprint density at radius 3 is 2.43 bits per heavy atom. The maximum Gasteiger partial charge on any atom is 0.271 e. The van der Waals surface area contributed by atoms with Crippen LogP contribution >= 0.6 is 0 Å². The highest BCUT2D eigenvalue weighted by Gasteiger charge is 2.34. The number of hydrogen-bond acceptors (Lipinski definition) is 5. The molecule has 1 N–H and O–H groups in total. The van der Waals surface area contributed by atoms with Gasteiger partial charge in [0, 0.05) is 49.6 Å². The van der Waals surface area contributed by atoms with Crippen molar-refractivity contribution in [3.8, 4) is 11.1 Å². The minimum absolute atomic E-state index is 0.108. The predicted molar refractivity (Wildman–Crippen MR) is 165 cm³/mol. The van der Waals surface area contributed by atoms with Crippen LogP contribution < -0.4 is 0 Å². The molecule has 8 nitrogen and oxygen atoms in total. The Labute approximate surface area is 248 Å². The summed E-state index contributed by atoms with van der Waals surface area (Å²) in [6.07, 6.45) is -0.507. The molecular formula is C33H39N3O5S. The first-order valence-electron chi connectivity index (χ1n) is 14.3. The van der Waals surface area contributed by atoms with Crippen LogP contribution in [0.15, 0.2) is 78.9 Å². The molecule has 1 amide bonds. The number of aliphatic hydroxyl groups excluding tert-OH is 1. The average molecular weight is 590 g/mol. The van der Waals surface area contributed by atoms with E-state index in [1.165, 1.54) is 4.31 Å². The Hall–Kier alpha value is -3.50. The highest BCUT2D eigenvalue weighted by molar-refractivity contribution is 7.88. The lowest BCUT2D eigenvalue weighted by Crippen LogP contribution is -2.48. The minimum Gasteiger partial charge on any atom is -0.394 e. The summed E-state index contributed by atoms with van der Waals surface area (Å²) < 4.78 is 36.5. The minimum atomic E-state index is -3.62. The molecule has 0 bridgehead atoms. The fourth-order valence-electron chi connectivity index (χ4n) is 5.79. The first-order chi connectivity index (χ1) is 20.1. The summed E-state index contributed by atoms with van der Waals surface area (Å²) in [5.41, 5.74) is 4.86. The third-order valence-electron chi connectivity index (χ3n) is 8.33. The second kappa shape index (κ2) is 12.4. The second-order valence-electron chi connectivity index (χ2n) is 11.3. The topological polar surface area (TPSA) is 92.1 Å². The molecule has 0 spiro atoms. The lowest BCUT2D eigenvalue weighted by atomic mass is 9.96. The fourth-order valence-corrected chi connectivity index (χ4v) is 7.00. The van der Waals surface area contributed by atoms with Crippen LogP contribution in [0.1, 0.15) is 35.5 Å². The van der Waals surface area contributed by atoms with Crippen molar-refractivity contribution in [1.82, 2.24) is 13.8 Å². The first-order valence-corrected chi connectivity index (χ1v) is 15.9. The van der Waals surface area contributed by atoms with E-state index in [2.05, 4.69) is 0 Å². The monoisotopic (exact) mass is 589 g/mol. The van der Waals surface area contributed by atoms with Crippen LogP contribution in [0.25, 0.3) is 22.0 Å². The SMILES string of the molecule is C[C@H](CO)N1C[C@H](C)[C@H](CN(C)S(=O)(=O)Cc2ccccc2)OCc2ccccc2-c2c(n(C)c3ccccc23)C1=O. The van der Waals surface area contributed by atoms with Crippen molar-refractivity contribution in [2.45, 2.75) is 38.4 Å². The highest BCUT2D eigenvalue weighted by Crippen LogP contribution is 2.38. The van der Waals surface area contributed by atoms with Crippen LogP contribution in [-0.4, -0.2) is 72.1 Å². The number of amides is 1. The van der Waals surface area contributed by atoms with E-state index in [-0.39, 0.29) is 43.9 Å². The molecule has 1 aliphatic heterocycles. The molecule has 42 heavy (non-hydrogen) atoms. The number of ether oxygens (including phenoxy) is 1. The van der Waals surface area contributed by atoms with E-state index >= 15 is 0 Å². The summed E-state index contributed by atoms with van der Waals surface area (Å²) in [6, 6.07) is 24.5. The highest BCUT2D eigenvalue weighted by atomic mass is 32.2. The number of rotatable bonds is 7. The van der Waals surface area contributed by atoms with Gasteiger partial charge in [-0.1, -0.05) is 79.7 Å². The lowest BCUT2D eigenvalue weighted by molar-refractivity contribution is -0.0147. The van der Waals surface area contributed by atoms with Gasteiger partial charge in [-0.15, -0.1) is 0 Å². The van der Waals surface area contributed by atoms with E-state index in [1.807, 2.05) is 92.2 Å². The second-order valence-corrected chi connectivity index (χ2v) is 13.4. The molecule has 5 rings (SSSR count). The smallest absolute Gasteiger partial charge is 0.271 e. The molecule has 0 fully saturated rings. The van der Waals surface area contributed by atoms with Gasteiger partial charge in [0.05, 0.1) is 31.1 Å². The van der Waals surface area contributed by atoms with Crippen LogP contribution in [0.4, 0.5) is 0 Å². The Bertz CT molecular complexity index is 1670. The Balaban J connectivity index is 1.57. The van der Waals surface area contributed by atoms with Gasteiger partial charge >= 0.3 is 0 Å². The predicted octanol–water partition coefficient (Wildman–Crippen LogP) is 4.67. The fraction of sp³-hybridized carbons (Fsp3) is 0.364. The van der Waals surface area contributed by atoms with E-state index in [4.69, 9.17) is 4.74 Å². The quantitative estimate of drug-likeness (QED) is 0.339. The van der Waals surface area contributed by atoms with Crippen molar-refractivity contribution in [3.63, 3.8) is 0 Å². The molecule has 0 unspecified atom stereocenters. The van der Waals surface area contributed by atoms with Crippen LogP contribution in [0.3, 0.4) is 0 Å². The van der Waals surface area contributed by atoms with Crippen molar-refractivity contribution in [2.24, 2.45) is 13.0 Å². The number of aliphatic hydroxyl groups is 1. The molecule has 0 aliphatic carbocycles. The number of carbonyl (C=O) groups excluding carboxylic acids is 1. The van der Waals surface area contributed by atoms with Gasteiger partial charge in [0.25, 0.3) is 5.91 Å². The number of aromatic nitrogens is 1. The number of nitrogens with zero attached hydrogens (tertiary/aromatic N) is 3. The van der Waals surface area contributed by atoms with Crippen molar-refractivity contribution in [3.05, 3.63) is 95.7 Å². The lowest BCUT2D eigenvalue weighted by Gasteiger charge is -2.35. The van der Waals surface area contributed by atoms with Gasteiger partial charge < -0.3 is 19.3 Å². The number of benzene rings is 3. The van der Waals surface area contributed by atoms with Gasteiger partial charge in [-0.2, -0.15) is 0 Å². The number of hydrogen-bond donors (Lipinski definition) is 1. The molecule has 3 atom stereocenters. The zero-order valence-corrected chi connectivity index (χ0v) is 25.4. The van der Waals surface area contributed by atoms with E-state index in [0.29, 0.717) is 11.3 Å². The molecule has 9 heteroatoms. The molecule has 1 aromatic heterocycles. The van der Waals surface area contributed by atoms with Gasteiger partial charge in [0.2, 0.25) is 10.0 Å². The number of fused-ring (bicyclic) bond motifs is 5. The van der Waals surface area contributed by atoms with E-state index in [1.54, 1.807) is 24.1 Å². The van der Waals surface area contributed by atoms with E-state index < -0.39 is 22.2 Å². The van der Waals surface area contributed by atoms with Crippen LogP contribution in [0.2, 0.25) is 0 Å². The molecule has 0 saturated carbocycles. The third-order valence-corrected chi connectivity index (χ3v) is 10.1. The molecule has 3 aromatic carbocycles. The standard InChI is InChI=1S/C33H39N3O5S/c1-23-18-36(24(2)20-37)33(38)32-31(28-16-10-11-17-29(28)35(32)4)27-15-9-8-14-26(27)21-41-30(23)19-34(3)42(39,40)22-25-12-6-5-7-13-25/h5-17,23-24,30,37H,18-22H2,1-4H3/t23-,24+,30-/m0/s1. The maximum absolute atomic E-state index is 14.5. The largest absolute Gasteiger partial charge is 0.394 e. The molecule has 0 radical (unpaired) electrons. The zero-order chi connectivity index (χ0) is 30.0. The number of sulfonamides is 1. The molecule has 222 valence electrons. The van der Waals surface area contributed by atoms with Gasteiger partial charge in [-0.3, -0.25) is 4.79 Å². The van der Waals surface area contributed by atoms with Gasteiger partial charge in [-0.05, 0) is 29.7 Å². The van der Waals surface area contributed by atoms with Crippen molar-refractivity contribution >= 4 is 26.8 Å². The summed E-state index contributed by atoms with van der Waals surface area (Å²) in [4.78, 5) is 16.2. The van der Waals surface area contributed by atoms with Gasteiger partial charge in [-0.25, -0.2) is 12.7 Å². The number of aryl methyl sites for hydroxylation is 1. The maximum atomic E-state index is 14.5. The zero-order valence-electron chi connectivity index (χ0n) is 24.6. The van der Waals surface area contributed by atoms with Crippen molar-refractivity contribution in [2.75, 3.05) is 26.7 Å². The average Bonchev–Trinajstić information content (AvgIpc) is 3.28. The van der Waals surface area contributed by atoms with E-state index in [9.17, 15) is 18.3 Å². The van der Waals surface area contributed by atoms with Crippen LogP contribution in [0, 0.1) is 5.92 Å². The number of para-hydroxylation sites is 1. The summed E-state index contributed by atoms with van der Waals surface area (Å²) in [7, 11) is -0.142. The summed E-state index contributed by atoms with van der Waals surface area (Å²) in [5.74, 6) is -0.527. The number of likely N-dealkylation sites (N-methyl/N-ethyl adjacent to an activating group) is 1. The summed E-state index contributed by atoms with van der Waals surface area (Å²) >= 11 is 0. The molecular weight excluding hydrogens is 550 g/mol. The molecule has 1 aliphatic rings. The molecule has 2 heterocycles. The Morgan fingerprint density at radius 1 is 1.02 bits per heavy atom. The van der Waals surface area contributed by atoms with Crippen molar-refractivity contribution in [1.29, 1.82) is 0 Å². The summed E-state index contributed by atoms with van der Waals surface area (Å²) in [5, 5.41) is 11.1.